The predicted octanol–water partition coefficient (Wildman–Crippen LogP) is 3.89. The number of hydrogen-bond donors (Lipinski definition) is 0. The molecule has 1 saturated carbocycles. The first-order chi connectivity index (χ1) is 12.7. The number of nitrogens with zero attached hydrogens (tertiary/aromatic N) is 3. The van der Waals surface area contributed by atoms with E-state index in [-0.39, 0.29) is 0 Å². The number of morpholine rings is 1. The Bertz CT molecular complexity index is 740. The van der Waals surface area contributed by atoms with Crippen LogP contribution in [0.15, 0.2) is 6.07 Å². The van der Waals surface area contributed by atoms with Crippen LogP contribution in [0, 0.1) is 6.92 Å². The summed E-state index contributed by atoms with van der Waals surface area (Å²) in [7, 11) is 1.76. The van der Waals surface area contributed by atoms with Gasteiger partial charge in [-0.15, -0.1) is 11.3 Å². The first kappa shape index (κ1) is 18.3. The number of thiophene rings is 1. The van der Waals surface area contributed by atoms with E-state index in [1.165, 1.54) is 42.4 Å². The quantitative estimate of drug-likeness (QED) is 0.793. The molecular formula is C20H29N3O2S. The highest BCUT2D eigenvalue weighted by molar-refractivity contribution is 7.18. The molecule has 2 aromatic heterocycles. The molecule has 4 rings (SSSR count). The van der Waals surface area contributed by atoms with Crippen molar-refractivity contribution in [1.29, 1.82) is 0 Å². The maximum absolute atomic E-state index is 5.64. The van der Waals surface area contributed by atoms with Gasteiger partial charge in [0.25, 0.3) is 0 Å². The second kappa shape index (κ2) is 8.30. The molecule has 0 amide bonds. The lowest BCUT2D eigenvalue weighted by molar-refractivity contribution is -0.0390. The van der Waals surface area contributed by atoms with Gasteiger partial charge in [-0.25, -0.2) is 9.97 Å². The third-order valence-corrected chi connectivity index (χ3v) is 6.86. The minimum Gasteiger partial charge on any atom is -0.383 e. The van der Waals surface area contributed by atoms with Crippen molar-refractivity contribution in [1.82, 2.24) is 14.9 Å². The van der Waals surface area contributed by atoms with Crippen LogP contribution in [-0.4, -0.2) is 54.4 Å². The molecule has 0 bridgehead atoms. The number of methoxy groups -OCH3 is 1. The van der Waals surface area contributed by atoms with E-state index in [9.17, 15) is 0 Å². The highest BCUT2D eigenvalue weighted by Crippen LogP contribution is 2.39. The Kier molecular flexibility index (Phi) is 5.84. The maximum atomic E-state index is 5.64. The van der Waals surface area contributed by atoms with Crippen molar-refractivity contribution in [2.75, 3.05) is 33.5 Å². The van der Waals surface area contributed by atoms with Gasteiger partial charge in [0, 0.05) is 30.5 Å². The lowest BCUT2D eigenvalue weighted by atomic mass is 9.88. The van der Waals surface area contributed by atoms with Gasteiger partial charge < -0.3 is 9.47 Å². The van der Waals surface area contributed by atoms with Crippen LogP contribution in [0.25, 0.3) is 10.2 Å². The van der Waals surface area contributed by atoms with Gasteiger partial charge in [0.15, 0.2) is 0 Å². The third-order valence-electron chi connectivity index (χ3n) is 5.67. The second-order valence-electron chi connectivity index (χ2n) is 7.57. The number of aryl methyl sites for hydroxylation is 1. The van der Waals surface area contributed by atoms with Crippen molar-refractivity contribution < 1.29 is 9.47 Å². The molecule has 1 atom stereocenters. The number of fused-ring (bicyclic) bond motifs is 1. The van der Waals surface area contributed by atoms with E-state index < -0.39 is 0 Å². The van der Waals surface area contributed by atoms with Gasteiger partial charge in [-0.2, -0.15) is 0 Å². The van der Waals surface area contributed by atoms with Crippen LogP contribution in [0.3, 0.4) is 0 Å². The maximum Gasteiger partial charge on any atom is 0.127 e. The van der Waals surface area contributed by atoms with E-state index in [0.29, 0.717) is 12.6 Å². The van der Waals surface area contributed by atoms with Crippen molar-refractivity contribution >= 4 is 21.6 Å². The molecule has 26 heavy (non-hydrogen) atoms. The molecule has 1 aliphatic heterocycles. The Morgan fingerprint density at radius 3 is 2.92 bits per heavy atom. The van der Waals surface area contributed by atoms with E-state index >= 15 is 0 Å². The second-order valence-corrected chi connectivity index (χ2v) is 8.64. The zero-order valence-electron chi connectivity index (χ0n) is 15.9. The third kappa shape index (κ3) is 3.93. The normalized spacial score (nSPS) is 22.9. The van der Waals surface area contributed by atoms with E-state index in [0.717, 1.165) is 48.6 Å². The molecule has 2 aliphatic rings. The predicted molar refractivity (Wildman–Crippen MR) is 105 cm³/mol. The molecule has 5 nitrogen and oxygen atoms in total. The summed E-state index contributed by atoms with van der Waals surface area (Å²) >= 11 is 1.89. The van der Waals surface area contributed by atoms with Gasteiger partial charge in [-0.1, -0.05) is 19.3 Å². The van der Waals surface area contributed by atoms with Crippen molar-refractivity contribution in [3.8, 4) is 0 Å². The minimum absolute atomic E-state index is 0.301. The summed E-state index contributed by atoms with van der Waals surface area (Å²) in [6.07, 6.45) is 6.78. The lowest BCUT2D eigenvalue weighted by Gasteiger charge is -2.34. The fourth-order valence-electron chi connectivity index (χ4n) is 4.26. The van der Waals surface area contributed by atoms with Crippen LogP contribution >= 0.6 is 11.3 Å². The van der Waals surface area contributed by atoms with E-state index in [2.05, 4.69) is 11.0 Å². The van der Waals surface area contributed by atoms with Gasteiger partial charge in [0.1, 0.15) is 10.7 Å². The molecule has 2 aromatic rings. The molecule has 0 unspecified atom stereocenters. The van der Waals surface area contributed by atoms with Crippen molar-refractivity contribution in [2.24, 2.45) is 0 Å². The highest BCUT2D eigenvalue weighted by Gasteiger charge is 2.25. The van der Waals surface area contributed by atoms with Gasteiger partial charge in [0.2, 0.25) is 0 Å². The van der Waals surface area contributed by atoms with Crippen LogP contribution in [0.5, 0.6) is 0 Å². The molecule has 1 saturated heterocycles. The molecule has 6 heteroatoms. The summed E-state index contributed by atoms with van der Waals surface area (Å²) in [6, 6.07) is 2.69. The van der Waals surface area contributed by atoms with Crippen LogP contribution < -0.4 is 0 Å². The summed E-state index contributed by atoms with van der Waals surface area (Å²) in [4.78, 5) is 14.7. The molecule has 1 aliphatic carbocycles. The van der Waals surface area contributed by atoms with Gasteiger partial charge in [-0.05, 0) is 31.7 Å². The lowest BCUT2D eigenvalue weighted by Crippen LogP contribution is -2.47. The largest absolute Gasteiger partial charge is 0.383 e. The highest BCUT2D eigenvalue weighted by atomic mass is 32.1. The summed E-state index contributed by atoms with van der Waals surface area (Å²) in [5, 5.41) is 1.25. The van der Waals surface area contributed by atoms with E-state index in [4.69, 9.17) is 19.4 Å². The zero-order valence-corrected chi connectivity index (χ0v) is 16.7. The van der Waals surface area contributed by atoms with Crippen molar-refractivity contribution in [3.63, 3.8) is 0 Å². The molecule has 3 heterocycles. The summed E-state index contributed by atoms with van der Waals surface area (Å²) in [5.74, 6) is 1.60. The minimum atomic E-state index is 0.301. The molecule has 142 valence electrons. The Labute approximate surface area is 159 Å². The fourth-order valence-corrected chi connectivity index (χ4v) is 5.53. The molecule has 0 radical (unpaired) electrons. The average molecular weight is 376 g/mol. The molecule has 2 fully saturated rings. The molecular weight excluding hydrogens is 346 g/mol. The van der Waals surface area contributed by atoms with Crippen LogP contribution in [0.1, 0.15) is 54.4 Å². The zero-order chi connectivity index (χ0) is 17.9. The van der Waals surface area contributed by atoms with E-state index in [1.807, 2.05) is 18.3 Å². The number of aromatic nitrogens is 2. The van der Waals surface area contributed by atoms with Crippen molar-refractivity contribution in [3.05, 3.63) is 22.5 Å². The van der Waals surface area contributed by atoms with Crippen LogP contribution in [0.4, 0.5) is 0 Å². The van der Waals surface area contributed by atoms with Crippen LogP contribution in [0.2, 0.25) is 0 Å². The summed E-state index contributed by atoms with van der Waals surface area (Å²) in [6.45, 7) is 6.00. The first-order valence-electron chi connectivity index (χ1n) is 9.82. The fraction of sp³-hybridized carbons (Fsp3) is 0.700. The van der Waals surface area contributed by atoms with Gasteiger partial charge in [-0.3, -0.25) is 4.90 Å². The first-order valence-corrected chi connectivity index (χ1v) is 10.6. The average Bonchev–Trinajstić information content (AvgIpc) is 3.08. The molecule has 0 N–H and O–H groups in total. The molecule has 0 spiro atoms. The summed E-state index contributed by atoms with van der Waals surface area (Å²) < 4.78 is 11.0. The Morgan fingerprint density at radius 1 is 1.27 bits per heavy atom. The number of ether oxygens (including phenoxy) is 2. The van der Waals surface area contributed by atoms with Crippen LogP contribution in [-0.2, 0) is 16.0 Å². The Morgan fingerprint density at radius 2 is 2.12 bits per heavy atom. The monoisotopic (exact) mass is 375 g/mol. The topological polar surface area (TPSA) is 47.5 Å². The number of hydrogen-bond acceptors (Lipinski definition) is 6. The van der Waals surface area contributed by atoms with Gasteiger partial charge >= 0.3 is 0 Å². The molecule has 0 aromatic carbocycles. The van der Waals surface area contributed by atoms with Crippen molar-refractivity contribution in [2.45, 2.75) is 57.5 Å². The Hall–Kier alpha value is -1.08. The Balaban J connectivity index is 1.62. The number of rotatable bonds is 5. The standard InChI is InChI=1S/C20H29N3O2S/c1-14-21-18(11-23-8-9-25-13-16(23)12-24-2)17-10-19(26-20(17)22-14)15-6-4-3-5-7-15/h10,15-16H,3-9,11-13H2,1-2H3/t16-/m0/s1. The smallest absolute Gasteiger partial charge is 0.127 e. The summed E-state index contributed by atoms with van der Waals surface area (Å²) in [5.41, 5.74) is 1.16. The SMILES string of the molecule is COC[C@H]1COCCN1Cc1nc(C)nc2sc(C3CCCCC3)cc12. The van der Waals surface area contributed by atoms with Gasteiger partial charge in [0.05, 0.1) is 31.6 Å². The van der Waals surface area contributed by atoms with E-state index in [1.54, 1.807) is 7.11 Å².